The Kier molecular flexibility index (Phi) is 4.23. The molecule has 17 heavy (non-hydrogen) atoms. The number of hydrogen-bond acceptors (Lipinski definition) is 4. The first-order chi connectivity index (χ1) is 8.22. The van der Waals surface area contributed by atoms with E-state index in [1.165, 1.54) is 0 Å². The fourth-order valence-electron chi connectivity index (χ4n) is 1.93. The largest absolute Gasteiger partial charge is 0.389 e. The second-order valence-electron chi connectivity index (χ2n) is 4.12. The first-order valence-corrected chi connectivity index (χ1v) is 6.54. The van der Waals surface area contributed by atoms with Crippen molar-refractivity contribution >= 4 is 11.8 Å². The lowest BCUT2D eigenvalue weighted by Gasteiger charge is -2.36. The molecule has 3 N–H and O–H groups in total. The molecule has 1 fully saturated rings. The summed E-state index contributed by atoms with van der Waals surface area (Å²) in [7, 11) is 0. The van der Waals surface area contributed by atoms with Crippen LogP contribution in [-0.2, 0) is 0 Å². The molecule has 92 valence electrons. The molecular weight excluding hydrogens is 234 g/mol. The number of aliphatic hydroxyl groups is 2. The van der Waals surface area contributed by atoms with Gasteiger partial charge in [0.05, 0.1) is 23.5 Å². The third-order valence-corrected chi connectivity index (χ3v) is 4.23. The van der Waals surface area contributed by atoms with Crippen molar-refractivity contribution in [1.82, 2.24) is 5.32 Å². The first-order valence-electron chi connectivity index (χ1n) is 5.66. The zero-order valence-electron chi connectivity index (χ0n) is 9.49. The standard InChI is InChI=1S/C13H17NO2S/c1-2-10-12(15)13(16)11(8-14-10)17-9-6-4-3-5-7-9/h2-7,10-16H,1,8H2/t10-,11+,12-,13+/m0/s1. The van der Waals surface area contributed by atoms with Crippen LogP contribution in [0.5, 0.6) is 0 Å². The number of nitrogens with one attached hydrogen (secondary N) is 1. The Morgan fingerprint density at radius 2 is 1.94 bits per heavy atom. The summed E-state index contributed by atoms with van der Waals surface area (Å²) in [6, 6.07) is 9.68. The second-order valence-corrected chi connectivity index (χ2v) is 5.43. The minimum absolute atomic E-state index is 0.0383. The van der Waals surface area contributed by atoms with Crippen LogP contribution in [0.1, 0.15) is 0 Å². The third-order valence-electron chi connectivity index (χ3n) is 2.94. The maximum atomic E-state index is 10.0. The van der Waals surface area contributed by atoms with Gasteiger partial charge >= 0.3 is 0 Å². The van der Waals surface area contributed by atoms with Gasteiger partial charge in [-0.25, -0.2) is 0 Å². The third kappa shape index (κ3) is 2.90. The van der Waals surface area contributed by atoms with Crippen LogP contribution >= 0.6 is 11.8 Å². The van der Waals surface area contributed by atoms with Gasteiger partial charge in [0.25, 0.3) is 0 Å². The molecule has 0 saturated carbocycles. The predicted molar refractivity (Wildman–Crippen MR) is 70.1 cm³/mol. The fourth-order valence-corrected chi connectivity index (χ4v) is 3.08. The van der Waals surface area contributed by atoms with Crippen LogP contribution in [0.4, 0.5) is 0 Å². The van der Waals surface area contributed by atoms with E-state index in [4.69, 9.17) is 0 Å². The molecule has 0 bridgehead atoms. The number of thioether (sulfide) groups is 1. The van der Waals surface area contributed by atoms with Crippen LogP contribution in [0.15, 0.2) is 47.9 Å². The number of aliphatic hydroxyl groups excluding tert-OH is 2. The van der Waals surface area contributed by atoms with Gasteiger partial charge in [-0.1, -0.05) is 24.3 Å². The average molecular weight is 251 g/mol. The smallest absolute Gasteiger partial charge is 0.0998 e. The molecule has 1 heterocycles. The molecule has 0 aromatic heterocycles. The number of piperidine rings is 1. The van der Waals surface area contributed by atoms with Gasteiger partial charge in [-0.15, -0.1) is 18.3 Å². The van der Waals surface area contributed by atoms with Crippen molar-refractivity contribution in [3.05, 3.63) is 43.0 Å². The highest BCUT2D eigenvalue weighted by Crippen LogP contribution is 2.28. The Balaban J connectivity index is 2.01. The Hall–Kier alpha value is -0.810. The van der Waals surface area contributed by atoms with Crippen molar-refractivity contribution < 1.29 is 10.2 Å². The summed E-state index contributed by atoms with van der Waals surface area (Å²) in [6.45, 7) is 4.30. The maximum Gasteiger partial charge on any atom is 0.0998 e. The van der Waals surface area contributed by atoms with Crippen molar-refractivity contribution in [2.75, 3.05) is 6.54 Å². The SMILES string of the molecule is C=C[C@@H]1NC[C@@H](Sc2ccccc2)[C@@H](O)[C@H]1O. The van der Waals surface area contributed by atoms with Crippen LogP contribution in [0.3, 0.4) is 0 Å². The quantitative estimate of drug-likeness (QED) is 0.702. The van der Waals surface area contributed by atoms with Crippen molar-refractivity contribution in [1.29, 1.82) is 0 Å². The summed E-state index contributed by atoms with van der Waals surface area (Å²) in [5.41, 5.74) is 0. The van der Waals surface area contributed by atoms with Gasteiger partial charge in [-0.05, 0) is 12.1 Å². The molecule has 1 aliphatic rings. The lowest BCUT2D eigenvalue weighted by atomic mass is 9.98. The molecule has 0 aliphatic carbocycles. The molecule has 3 nitrogen and oxygen atoms in total. The maximum absolute atomic E-state index is 10.0. The second kappa shape index (κ2) is 5.69. The molecule has 0 unspecified atom stereocenters. The van der Waals surface area contributed by atoms with E-state index in [0.29, 0.717) is 6.54 Å². The summed E-state index contributed by atoms with van der Waals surface area (Å²) in [4.78, 5) is 1.10. The summed E-state index contributed by atoms with van der Waals surface area (Å²) in [6.07, 6.45) is 0.115. The van der Waals surface area contributed by atoms with Crippen molar-refractivity contribution in [3.63, 3.8) is 0 Å². The van der Waals surface area contributed by atoms with Crippen molar-refractivity contribution in [2.45, 2.75) is 28.4 Å². The zero-order chi connectivity index (χ0) is 12.3. The Morgan fingerprint density at radius 1 is 1.24 bits per heavy atom. The van der Waals surface area contributed by atoms with E-state index in [1.54, 1.807) is 17.8 Å². The molecule has 0 amide bonds. The molecule has 0 radical (unpaired) electrons. The summed E-state index contributed by atoms with van der Waals surface area (Å²) in [5, 5.41) is 23.1. The van der Waals surface area contributed by atoms with Crippen molar-refractivity contribution in [3.8, 4) is 0 Å². The van der Waals surface area contributed by atoms with E-state index in [1.807, 2.05) is 30.3 Å². The Bertz CT molecular complexity index is 371. The highest BCUT2D eigenvalue weighted by atomic mass is 32.2. The Morgan fingerprint density at radius 3 is 2.59 bits per heavy atom. The van der Waals surface area contributed by atoms with Gasteiger partial charge in [-0.3, -0.25) is 0 Å². The lowest BCUT2D eigenvalue weighted by molar-refractivity contribution is -0.0116. The van der Waals surface area contributed by atoms with E-state index in [0.717, 1.165) is 4.90 Å². The van der Waals surface area contributed by atoms with Crippen LogP contribution in [0, 0.1) is 0 Å². The molecular formula is C13H17NO2S. The summed E-state index contributed by atoms with van der Waals surface area (Å²) < 4.78 is 0. The summed E-state index contributed by atoms with van der Waals surface area (Å²) in [5.74, 6) is 0. The van der Waals surface area contributed by atoms with Gasteiger partial charge in [0.15, 0.2) is 0 Å². The van der Waals surface area contributed by atoms with Gasteiger partial charge in [-0.2, -0.15) is 0 Å². The Labute approximate surface area is 106 Å². The monoisotopic (exact) mass is 251 g/mol. The lowest BCUT2D eigenvalue weighted by Crippen LogP contribution is -2.57. The van der Waals surface area contributed by atoms with Crippen molar-refractivity contribution in [2.24, 2.45) is 0 Å². The van der Waals surface area contributed by atoms with E-state index in [2.05, 4.69) is 11.9 Å². The van der Waals surface area contributed by atoms with Crippen LogP contribution < -0.4 is 5.32 Å². The average Bonchev–Trinajstić information content (AvgIpc) is 2.37. The summed E-state index contributed by atoms with van der Waals surface area (Å²) >= 11 is 1.58. The molecule has 1 saturated heterocycles. The normalized spacial score (nSPS) is 33.3. The molecule has 0 spiro atoms. The highest BCUT2D eigenvalue weighted by molar-refractivity contribution is 8.00. The molecule has 4 atom stereocenters. The first kappa shape index (κ1) is 12.6. The number of rotatable bonds is 3. The van der Waals surface area contributed by atoms with E-state index >= 15 is 0 Å². The van der Waals surface area contributed by atoms with Gasteiger partial charge < -0.3 is 15.5 Å². The molecule has 1 aliphatic heterocycles. The highest BCUT2D eigenvalue weighted by Gasteiger charge is 2.36. The fraction of sp³-hybridized carbons (Fsp3) is 0.385. The number of hydrogen-bond donors (Lipinski definition) is 3. The van der Waals surface area contributed by atoms with Gasteiger partial charge in [0.2, 0.25) is 0 Å². The van der Waals surface area contributed by atoms with Gasteiger partial charge in [0, 0.05) is 11.4 Å². The predicted octanol–water partition coefficient (Wildman–Crippen LogP) is 1.03. The minimum Gasteiger partial charge on any atom is -0.389 e. The molecule has 1 aromatic carbocycles. The van der Waals surface area contributed by atoms with Gasteiger partial charge in [0.1, 0.15) is 0 Å². The van der Waals surface area contributed by atoms with E-state index in [9.17, 15) is 10.2 Å². The topological polar surface area (TPSA) is 52.5 Å². The van der Waals surface area contributed by atoms with Crippen LogP contribution in [-0.4, -0.2) is 40.3 Å². The van der Waals surface area contributed by atoms with Crippen LogP contribution in [0.2, 0.25) is 0 Å². The van der Waals surface area contributed by atoms with E-state index in [-0.39, 0.29) is 11.3 Å². The minimum atomic E-state index is -0.789. The molecule has 1 aromatic rings. The zero-order valence-corrected chi connectivity index (χ0v) is 10.3. The number of benzene rings is 1. The molecule has 2 rings (SSSR count). The molecule has 4 heteroatoms. The van der Waals surface area contributed by atoms with E-state index < -0.39 is 12.2 Å². The van der Waals surface area contributed by atoms with Crippen LogP contribution in [0.25, 0.3) is 0 Å².